The highest BCUT2D eigenvalue weighted by Crippen LogP contribution is 2.08. The molecular formula is C8H16N2S. The van der Waals surface area contributed by atoms with Gasteiger partial charge in [0.2, 0.25) is 0 Å². The highest BCUT2D eigenvalue weighted by Gasteiger charge is 1.95. The Morgan fingerprint density at radius 1 is 1.55 bits per heavy atom. The summed E-state index contributed by atoms with van der Waals surface area (Å²) in [5, 5.41) is 3.09. The molecule has 1 heterocycles. The van der Waals surface area contributed by atoms with Gasteiger partial charge in [-0.1, -0.05) is 20.8 Å². The zero-order valence-corrected chi connectivity index (χ0v) is 8.24. The molecule has 0 aliphatic carbocycles. The van der Waals surface area contributed by atoms with Crippen LogP contribution in [-0.2, 0) is 13.0 Å². The first-order valence-electron chi connectivity index (χ1n) is 4.00. The number of hydrogen-bond acceptors (Lipinski definition) is 3. The van der Waals surface area contributed by atoms with Crippen LogP contribution in [0, 0.1) is 0 Å². The van der Waals surface area contributed by atoms with Crippen LogP contribution < -0.4 is 5.73 Å². The molecule has 11 heavy (non-hydrogen) atoms. The predicted molar refractivity (Wildman–Crippen MR) is 50.7 cm³/mol. The maximum Gasteiger partial charge on any atom is 0.106 e. The van der Waals surface area contributed by atoms with Gasteiger partial charge in [0.15, 0.2) is 0 Å². The van der Waals surface area contributed by atoms with E-state index in [0.29, 0.717) is 6.54 Å². The van der Waals surface area contributed by atoms with Crippen LogP contribution in [0.3, 0.4) is 0 Å². The summed E-state index contributed by atoms with van der Waals surface area (Å²) in [4.78, 5) is 4.24. The molecule has 1 rings (SSSR count). The number of hydrogen-bond donors (Lipinski definition) is 1. The fourth-order valence-corrected chi connectivity index (χ4v) is 1.36. The Morgan fingerprint density at radius 3 is 2.45 bits per heavy atom. The lowest BCUT2D eigenvalue weighted by Gasteiger charge is -1.83. The zero-order valence-electron chi connectivity index (χ0n) is 7.42. The van der Waals surface area contributed by atoms with Gasteiger partial charge in [0.25, 0.3) is 0 Å². The molecule has 0 atom stereocenters. The van der Waals surface area contributed by atoms with Crippen LogP contribution in [-0.4, -0.2) is 4.98 Å². The van der Waals surface area contributed by atoms with Gasteiger partial charge in [-0.3, -0.25) is 0 Å². The minimum Gasteiger partial charge on any atom is -0.325 e. The topological polar surface area (TPSA) is 38.9 Å². The van der Waals surface area contributed by atoms with Gasteiger partial charge in [-0.25, -0.2) is 4.98 Å². The molecule has 0 fully saturated rings. The van der Waals surface area contributed by atoms with Crippen molar-refractivity contribution in [2.45, 2.75) is 33.7 Å². The van der Waals surface area contributed by atoms with E-state index in [1.165, 1.54) is 0 Å². The van der Waals surface area contributed by atoms with Crippen LogP contribution in [0.1, 0.15) is 31.5 Å². The number of aromatic nitrogens is 1. The largest absolute Gasteiger partial charge is 0.325 e. The van der Waals surface area contributed by atoms with Crippen LogP contribution >= 0.6 is 11.3 Å². The molecule has 0 aliphatic rings. The summed E-state index contributed by atoms with van der Waals surface area (Å²) in [6, 6.07) is 0. The summed E-state index contributed by atoms with van der Waals surface area (Å²) in [7, 11) is 0. The first-order chi connectivity index (χ1) is 5.36. The van der Waals surface area contributed by atoms with Crippen molar-refractivity contribution in [3.05, 3.63) is 16.1 Å². The van der Waals surface area contributed by atoms with Crippen LogP contribution in [0.2, 0.25) is 0 Å². The van der Waals surface area contributed by atoms with Crippen molar-refractivity contribution in [3.8, 4) is 0 Å². The molecule has 0 bridgehead atoms. The van der Waals surface area contributed by atoms with Gasteiger partial charge in [0.1, 0.15) is 5.01 Å². The molecule has 1 aromatic heterocycles. The maximum atomic E-state index is 5.37. The highest BCUT2D eigenvalue weighted by molar-refractivity contribution is 7.09. The molecule has 0 saturated heterocycles. The third-order valence-corrected chi connectivity index (χ3v) is 2.06. The molecule has 0 amide bonds. The molecule has 2 N–H and O–H groups in total. The fourth-order valence-electron chi connectivity index (χ4n) is 0.605. The van der Waals surface area contributed by atoms with Crippen molar-refractivity contribution in [1.29, 1.82) is 0 Å². The lowest BCUT2D eigenvalue weighted by Crippen LogP contribution is -1.94. The highest BCUT2D eigenvalue weighted by atomic mass is 32.1. The first kappa shape index (κ1) is 10.6. The summed E-state index contributed by atoms with van der Waals surface area (Å²) >= 11 is 1.64. The second kappa shape index (κ2) is 6.31. The van der Waals surface area contributed by atoms with E-state index in [-0.39, 0.29) is 0 Å². The average molecular weight is 172 g/mol. The normalized spacial score (nSPS) is 8.73. The van der Waals surface area contributed by atoms with Crippen molar-refractivity contribution in [2.75, 3.05) is 0 Å². The van der Waals surface area contributed by atoms with Gasteiger partial charge in [-0.2, -0.15) is 0 Å². The monoisotopic (exact) mass is 172 g/mol. The Kier molecular flexibility index (Phi) is 6.07. The first-order valence-corrected chi connectivity index (χ1v) is 4.88. The number of rotatable bonds is 2. The average Bonchev–Trinajstić information content (AvgIpc) is 2.55. The number of aryl methyl sites for hydroxylation is 1. The molecule has 1 aromatic rings. The minimum atomic E-state index is 0.574. The summed E-state index contributed by atoms with van der Waals surface area (Å²) in [6.45, 7) is 6.67. The van der Waals surface area contributed by atoms with E-state index in [4.69, 9.17) is 5.73 Å². The Bertz CT molecular complexity index is 165. The standard InChI is InChI=1S/C6H10N2S.C2H6/c1-2-5-4-9-6(3-7)8-5;1-2/h4H,2-3,7H2,1H3;1-2H3. The van der Waals surface area contributed by atoms with E-state index in [1.807, 2.05) is 13.8 Å². The molecule has 0 aliphatic heterocycles. The molecule has 0 saturated carbocycles. The Labute approximate surface area is 72.5 Å². The zero-order chi connectivity index (χ0) is 8.69. The van der Waals surface area contributed by atoms with Crippen molar-refractivity contribution in [2.24, 2.45) is 5.73 Å². The summed E-state index contributed by atoms with van der Waals surface area (Å²) in [5.74, 6) is 0. The van der Waals surface area contributed by atoms with Gasteiger partial charge < -0.3 is 5.73 Å². The number of nitrogens with two attached hydrogens (primary N) is 1. The van der Waals surface area contributed by atoms with Crippen molar-refractivity contribution >= 4 is 11.3 Å². The quantitative estimate of drug-likeness (QED) is 0.742. The second-order valence-electron chi connectivity index (χ2n) is 1.79. The van der Waals surface area contributed by atoms with E-state index < -0.39 is 0 Å². The van der Waals surface area contributed by atoms with Crippen LogP contribution in [0.4, 0.5) is 0 Å². The van der Waals surface area contributed by atoms with Gasteiger partial charge in [0.05, 0.1) is 5.69 Å². The smallest absolute Gasteiger partial charge is 0.106 e. The third kappa shape index (κ3) is 3.49. The second-order valence-corrected chi connectivity index (χ2v) is 2.73. The molecule has 0 unspecified atom stereocenters. The van der Waals surface area contributed by atoms with E-state index in [9.17, 15) is 0 Å². The van der Waals surface area contributed by atoms with Gasteiger partial charge in [0, 0.05) is 11.9 Å². The summed E-state index contributed by atoms with van der Waals surface area (Å²) in [5.41, 5.74) is 6.52. The molecule has 0 radical (unpaired) electrons. The summed E-state index contributed by atoms with van der Waals surface area (Å²) < 4.78 is 0. The third-order valence-electron chi connectivity index (χ3n) is 1.14. The SMILES string of the molecule is CC.CCc1csc(CN)n1. The fraction of sp³-hybridized carbons (Fsp3) is 0.625. The van der Waals surface area contributed by atoms with Crippen molar-refractivity contribution in [1.82, 2.24) is 4.98 Å². The Hall–Kier alpha value is -0.410. The number of thiazole rings is 1. The molecule has 3 heteroatoms. The van der Waals surface area contributed by atoms with Gasteiger partial charge in [-0.15, -0.1) is 11.3 Å². The Balaban J connectivity index is 0.000000461. The molecular weight excluding hydrogens is 156 g/mol. The molecule has 64 valence electrons. The van der Waals surface area contributed by atoms with E-state index in [1.54, 1.807) is 11.3 Å². The molecule has 0 spiro atoms. The van der Waals surface area contributed by atoms with Crippen LogP contribution in [0.15, 0.2) is 5.38 Å². The lowest BCUT2D eigenvalue weighted by atomic mass is 10.4. The van der Waals surface area contributed by atoms with Crippen LogP contribution in [0.5, 0.6) is 0 Å². The molecule has 2 nitrogen and oxygen atoms in total. The van der Waals surface area contributed by atoms with Crippen LogP contribution in [0.25, 0.3) is 0 Å². The minimum absolute atomic E-state index is 0.574. The lowest BCUT2D eigenvalue weighted by molar-refractivity contribution is 0.980. The summed E-state index contributed by atoms with van der Waals surface area (Å²) in [6.07, 6.45) is 1.01. The Morgan fingerprint density at radius 2 is 2.18 bits per heavy atom. The van der Waals surface area contributed by atoms with Crippen molar-refractivity contribution < 1.29 is 0 Å². The van der Waals surface area contributed by atoms with E-state index >= 15 is 0 Å². The van der Waals surface area contributed by atoms with Gasteiger partial charge in [-0.05, 0) is 6.42 Å². The predicted octanol–water partition coefficient (Wildman–Crippen LogP) is 2.19. The van der Waals surface area contributed by atoms with E-state index in [0.717, 1.165) is 17.1 Å². The molecule has 0 aromatic carbocycles. The van der Waals surface area contributed by atoms with Crippen molar-refractivity contribution in [3.63, 3.8) is 0 Å². The maximum absolute atomic E-state index is 5.37. The van der Waals surface area contributed by atoms with E-state index in [2.05, 4.69) is 17.3 Å². The number of nitrogens with zero attached hydrogens (tertiary/aromatic N) is 1. The van der Waals surface area contributed by atoms with Gasteiger partial charge >= 0.3 is 0 Å².